The number of hydrogen-bond donors (Lipinski definition) is 2. The molecule has 250 valence electrons. The van der Waals surface area contributed by atoms with Crippen LogP contribution in [0.4, 0.5) is 18.9 Å². The van der Waals surface area contributed by atoms with Crippen molar-refractivity contribution >= 4 is 34.6 Å². The number of imidazole rings is 1. The van der Waals surface area contributed by atoms with Gasteiger partial charge in [-0.15, -0.1) is 0 Å². The quantitative estimate of drug-likeness (QED) is 0.157. The van der Waals surface area contributed by atoms with Crippen LogP contribution in [0.5, 0.6) is 0 Å². The number of hydrogen-bond acceptors (Lipinski definition) is 9. The third-order valence-corrected chi connectivity index (χ3v) is 9.11. The topological polar surface area (TPSA) is 192 Å². The van der Waals surface area contributed by atoms with Crippen molar-refractivity contribution in [3.63, 3.8) is 0 Å². The van der Waals surface area contributed by atoms with Gasteiger partial charge >= 0.3 is 17.8 Å². The van der Waals surface area contributed by atoms with Gasteiger partial charge in [0.1, 0.15) is 5.54 Å². The number of rotatable bonds is 8. The summed E-state index contributed by atoms with van der Waals surface area (Å²) in [6.07, 6.45) is -3.95. The standard InChI is InChI=1S/C30H26F3N7O8/c1-36-23-22(26(43)37(2)28(36)46)38(14-34-23)10-11-39-24(41)19-20(25(39)42)29(27(44)45,13-15-6-8-18(9-7-15)40(47)48)35-21(19)16-4-3-5-17(12-16)30(31,32)33/h3-9,12,14,19-21,35H,10-11,13H2,1-2H3,(H,44,45). The smallest absolute Gasteiger partial charge is 0.416 e. The fraction of sp³-hybridized carbons (Fsp3) is 0.333. The molecule has 18 heteroatoms. The van der Waals surface area contributed by atoms with Crippen molar-refractivity contribution < 1.29 is 37.6 Å². The van der Waals surface area contributed by atoms with E-state index < -0.39 is 75.5 Å². The van der Waals surface area contributed by atoms with Gasteiger partial charge in [0.05, 0.1) is 28.6 Å². The molecule has 0 aliphatic carbocycles. The van der Waals surface area contributed by atoms with Crippen molar-refractivity contribution in [1.29, 1.82) is 0 Å². The molecule has 4 aromatic rings. The zero-order valence-corrected chi connectivity index (χ0v) is 25.2. The van der Waals surface area contributed by atoms with Crippen LogP contribution in [0.25, 0.3) is 11.2 Å². The molecule has 2 saturated heterocycles. The molecule has 2 N–H and O–H groups in total. The molecule has 0 bridgehead atoms. The molecule has 48 heavy (non-hydrogen) atoms. The molecule has 2 aromatic carbocycles. The second kappa shape index (κ2) is 11.3. The van der Waals surface area contributed by atoms with E-state index in [-0.39, 0.29) is 41.1 Å². The van der Waals surface area contributed by atoms with Crippen LogP contribution in [-0.4, -0.2) is 63.5 Å². The number of alkyl halides is 3. The van der Waals surface area contributed by atoms with Gasteiger partial charge in [-0.05, 0) is 23.3 Å². The molecule has 4 unspecified atom stereocenters. The number of carbonyl (C=O) groups excluding carboxylic acids is 2. The summed E-state index contributed by atoms with van der Waals surface area (Å²) in [6, 6.07) is 7.56. The van der Waals surface area contributed by atoms with E-state index in [9.17, 15) is 52.4 Å². The number of carboxylic acid groups (broad SMARTS) is 1. The number of nitrogens with one attached hydrogen (secondary N) is 1. The fourth-order valence-electron chi connectivity index (χ4n) is 6.74. The van der Waals surface area contributed by atoms with Crippen molar-refractivity contribution in [2.45, 2.75) is 30.7 Å². The number of aromatic nitrogens is 4. The maximum atomic E-state index is 14.1. The van der Waals surface area contributed by atoms with Crippen LogP contribution >= 0.6 is 0 Å². The Morgan fingerprint density at radius 1 is 1.04 bits per heavy atom. The van der Waals surface area contributed by atoms with E-state index in [1.807, 2.05) is 0 Å². The van der Waals surface area contributed by atoms with Gasteiger partial charge in [-0.1, -0.05) is 24.3 Å². The maximum absolute atomic E-state index is 14.1. The number of non-ortho nitro benzene ring substituents is 1. The SMILES string of the molecule is Cn1c(=O)c2c(ncn2CCN2C(=O)C3C(c4cccc(C(F)(F)F)c4)NC(Cc4ccc([N+](=O)[O-])cc4)(C(=O)O)C3C2=O)n(C)c1=O. The van der Waals surface area contributed by atoms with E-state index in [1.54, 1.807) is 0 Å². The monoisotopic (exact) mass is 669 g/mol. The Labute approximate surface area is 267 Å². The lowest BCUT2D eigenvalue weighted by molar-refractivity contribution is -0.384. The van der Waals surface area contributed by atoms with Crippen molar-refractivity contribution in [3.05, 3.63) is 103 Å². The number of imide groups is 1. The molecule has 2 aromatic heterocycles. The zero-order valence-electron chi connectivity index (χ0n) is 25.2. The lowest BCUT2D eigenvalue weighted by atomic mass is 9.76. The van der Waals surface area contributed by atoms with Gasteiger partial charge in [0, 0.05) is 51.8 Å². The normalized spacial score (nSPS) is 22.4. The number of fused-ring (bicyclic) bond motifs is 2. The molecule has 4 atom stereocenters. The molecule has 0 radical (unpaired) electrons. The summed E-state index contributed by atoms with van der Waals surface area (Å²) < 4.78 is 44.4. The summed E-state index contributed by atoms with van der Waals surface area (Å²) in [7, 11) is 2.68. The van der Waals surface area contributed by atoms with Gasteiger partial charge in [0.15, 0.2) is 11.2 Å². The lowest BCUT2D eigenvalue weighted by Gasteiger charge is -2.31. The third kappa shape index (κ3) is 4.95. The van der Waals surface area contributed by atoms with Crippen LogP contribution in [0.2, 0.25) is 0 Å². The predicted molar refractivity (Wildman–Crippen MR) is 158 cm³/mol. The number of carbonyl (C=O) groups is 3. The van der Waals surface area contributed by atoms with Crippen LogP contribution in [0.1, 0.15) is 22.7 Å². The number of benzene rings is 2. The number of likely N-dealkylation sites (tertiary alicyclic amines) is 1. The number of aryl methyl sites for hydroxylation is 1. The molecular weight excluding hydrogens is 643 g/mol. The highest BCUT2D eigenvalue weighted by Gasteiger charge is 2.68. The number of nitro groups is 1. The number of nitro benzene ring substituents is 1. The summed E-state index contributed by atoms with van der Waals surface area (Å²) in [5.41, 5.74) is -4.58. The number of nitrogens with zero attached hydrogens (tertiary/aromatic N) is 6. The molecule has 0 saturated carbocycles. The summed E-state index contributed by atoms with van der Waals surface area (Å²) in [5, 5.41) is 24.6. The third-order valence-electron chi connectivity index (χ3n) is 9.11. The van der Waals surface area contributed by atoms with Crippen LogP contribution < -0.4 is 16.6 Å². The van der Waals surface area contributed by atoms with Crippen LogP contribution in [0.15, 0.2) is 64.4 Å². The average molecular weight is 670 g/mol. The Kier molecular flexibility index (Phi) is 7.57. The summed E-state index contributed by atoms with van der Waals surface area (Å²) >= 11 is 0. The first-order valence-electron chi connectivity index (χ1n) is 14.4. The Bertz CT molecular complexity index is 2140. The van der Waals surface area contributed by atoms with Crippen LogP contribution in [-0.2, 0) is 47.6 Å². The minimum absolute atomic E-state index is 0.0143. The summed E-state index contributed by atoms with van der Waals surface area (Å²) in [6.45, 7) is -0.532. The molecule has 2 aliphatic heterocycles. The molecule has 6 rings (SSSR count). The van der Waals surface area contributed by atoms with E-state index in [1.165, 1.54) is 43.2 Å². The molecule has 2 amide bonds. The zero-order chi connectivity index (χ0) is 34.9. The van der Waals surface area contributed by atoms with E-state index in [0.29, 0.717) is 0 Å². The Morgan fingerprint density at radius 3 is 2.35 bits per heavy atom. The van der Waals surface area contributed by atoms with Gasteiger partial charge < -0.3 is 9.67 Å². The molecular formula is C30H26F3N7O8. The van der Waals surface area contributed by atoms with Crippen LogP contribution in [0.3, 0.4) is 0 Å². The second-order valence-corrected chi connectivity index (χ2v) is 11.8. The number of amides is 2. The second-order valence-electron chi connectivity index (χ2n) is 11.8. The molecule has 2 fully saturated rings. The van der Waals surface area contributed by atoms with E-state index >= 15 is 0 Å². The molecule has 0 spiro atoms. The maximum Gasteiger partial charge on any atom is 0.416 e. The van der Waals surface area contributed by atoms with E-state index in [2.05, 4.69) is 10.3 Å². The van der Waals surface area contributed by atoms with Gasteiger partial charge in [0.2, 0.25) is 11.8 Å². The predicted octanol–water partition coefficient (Wildman–Crippen LogP) is 1.37. The lowest BCUT2D eigenvalue weighted by Crippen LogP contribution is -2.57. The van der Waals surface area contributed by atoms with Crippen molar-refractivity contribution in [3.8, 4) is 0 Å². The van der Waals surface area contributed by atoms with Gasteiger partial charge in [-0.3, -0.25) is 48.6 Å². The van der Waals surface area contributed by atoms with Gasteiger partial charge in [0.25, 0.3) is 11.2 Å². The van der Waals surface area contributed by atoms with Gasteiger partial charge in [-0.2, -0.15) is 13.2 Å². The van der Waals surface area contributed by atoms with E-state index in [4.69, 9.17) is 0 Å². The number of aliphatic carboxylic acids is 1. The van der Waals surface area contributed by atoms with Crippen molar-refractivity contribution in [2.75, 3.05) is 6.54 Å². The minimum Gasteiger partial charge on any atom is -0.480 e. The van der Waals surface area contributed by atoms with Crippen molar-refractivity contribution in [2.24, 2.45) is 25.9 Å². The highest BCUT2D eigenvalue weighted by atomic mass is 19.4. The van der Waals surface area contributed by atoms with E-state index in [0.717, 1.165) is 44.4 Å². The molecule has 2 aliphatic rings. The fourth-order valence-corrected chi connectivity index (χ4v) is 6.74. The first-order chi connectivity index (χ1) is 22.6. The largest absolute Gasteiger partial charge is 0.480 e. The first kappa shape index (κ1) is 32.3. The average Bonchev–Trinajstić information content (AvgIpc) is 3.70. The Balaban J connectivity index is 1.41. The highest BCUT2D eigenvalue weighted by Crippen LogP contribution is 2.50. The Morgan fingerprint density at radius 2 is 1.73 bits per heavy atom. The highest BCUT2D eigenvalue weighted by molar-refractivity contribution is 6.09. The van der Waals surface area contributed by atoms with Crippen LogP contribution in [0, 0.1) is 22.0 Å². The Hall–Kier alpha value is -5.65. The summed E-state index contributed by atoms with van der Waals surface area (Å²) in [5.74, 6) is -6.33. The van der Waals surface area contributed by atoms with Gasteiger partial charge in [-0.25, -0.2) is 9.78 Å². The number of carboxylic acids is 1. The molecule has 4 heterocycles. The number of halogens is 3. The summed E-state index contributed by atoms with van der Waals surface area (Å²) in [4.78, 5) is 81.9. The van der Waals surface area contributed by atoms with Crippen molar-refractivity contribution in [1.82, 2.24) is 28.9 Å². The first-order valence-corrected chi connectivity index (χ1v) is 14.4. The molecule has 15 nitrogen and oxygen atoms in total. The minimum atomic E-state index is -4.76.